The zero-order valence-electron chi connectivity index (χ0n) is 16.7. The van der Waals surface area contributed by atoms with Gasteiger partial charge in [-0.2, -0.15) is 0 Å². The molecule has 10 heteroatoms. The number of non-ortho nitro benzene ring substituents is 1. The molecule has 3 aromatic rings. The normalized spacial score (nSPS) is 10.5. The Balaban J connectivity index is 1.54. The van der Waals surface area contributed by atoms with Gasteiger partial charge in [0.05, 0.1) is 21.3 Å². The lowest BCUT2D eigenvalue weighted by atomic mass is 10.2. The summed E-state index contributed by atoms with van der Waals surface area (Å²) in [5, 5.41) is 17.0. The molecule has 0 radical (unpaired) electrons. The summed E-state index contributed by atoms with van der Waals surface area (Å²) in [7, 11) is 0. The standard InChI is InChI=1S/C22H17Cl2N3O4S/c1-13-10-16(27(30)31)5-9-20(13)26-21(28)12-32-17-6-3-15(4-7-17)25-22(29)18-8-2-14(23)11-19(18)24/h2-11H,12H2,1H3,(H,25,29)(H,26,28). The second kappa shape index (κ2) is 10.5. The first-order chi connectivity index (χ1) is 15.2. The minimum atomic E-state index is -0.482. The van der Waals surface area contributed by atoms with Crippen LogP contribution >= 0.6 is 35.0 Å². The number of nitro benzene ring substituents is 1. The van der Waals surface area contributed by atoms with Crippen LogP contribution < -0.4 is 10.6 Å². The summed E-state index contributed by atoms with van der Waals surface area (Å²) in [6.45, 7) is 1.69. The number of hydrogen-bond donors (Lipinski definition) is 2. The topological polar surface area (TPSA) is 101 Å². The molecule has 2 amide bonds. The van der Waals surface area contributed by atoms with Crippen molar-refractivity contribution in [2.75, 3.05) is 16.4 Å². The van der Waals surface area contributed by atoms with Gasteiger partial charge in [0.2, 0.25) is 5.91 Å². The summed E-state index contributed by atoms with van der Waals surface area (Å²) >= 11 is 13.2. The minimum Gasteiger partial charge on any atom is -0.325 e. The molecule has 3 rings (SSSR count). The first kappa shape index (κ1) is 23.6. The van der Waals surface area contributed by atoms with E-state index in [4.69, 9.17) is 23.2 Å². The number of carbonyl (C=O) groups excluding carboxylic acids is 2. The summed E-state index contributed by atoms with van der Waals surface area (Å²) in [6.07, 6.45) is 0. The van der Waals surface area contributed by atoms with Gasteiger partial charge in [-0.1, -0.05) is 23.2 Å². The van der Waals surface area contributed by atoms with E-state index in [0.29, 0.717) is 27.5 Å². The third-order valence-corrected chi connectivity index (χ3v) is 5.91. The van der Waals surface area contributed by atoms with Crippen LogP contribution in [0.2, 0.25) is 10.0 Å². The van der Waals surface area contributed by atoms with Gasteiger partial charge in [-0.25, -0.2) is 0 Å². The predicted molar refractivity (Wildman–Crippen MR) is 128 cm³/mol. The fraction of sp³-hybridized carbons (Fsp3) is 0.0909. The number of nitro groups is 1. The molecular formula is C22H17Cl2N3O4S. The number of aryl methyl sites for hydroxylation is 1. The monoisotopic (exact) mass is 489 g/mol. The van der Waals surface area contributed by atoms with Crippen LogP contribution in [0.15, 0.2) is 65.6 Å². The zero-order valence-corrected chi connectivity index (χ0v) is 19.1. The van der Waals surface area contributed by atoms with Crippen molar-refractivity contribution in [2.45, 2.75) is 11.8 Å². The van der Waals surface area contributed by atoms with Gasteiger partial charge in [0, 0.05) is 33.4 Å². The maximum atomic E-state index is 12.4. The molecule has 0 unspecified atom stereocenters. The number of rotatable bonds is 7. The van der Waals surface area contributed by atoms with Crippen LogP contribution in [-0.2, 0) is 4.79 Å². The van der Waals surface area contributed by atoms with Crippen LogP contribution in [0.3, 0.4) is 0 Å². The van der Waals surface area contributed by atoms with Gasteiger partial charge in [0.15, 0.2) is 0 Å². The number of nitrogens with one attached hydrogen (secondary N) is 2. The SMILES string of the molecule is Cc1cc([N+](=O)[O-])ccc1NC(=O)CSc1ccc(NC(=O)c2ccc(Cl)cc2Cl)cc1. The Bertz CT molecular complexity index is 1190. The highest BCUT2D eigenvalue weighted by molar-refractivity contribution is 8.00. The van der Waals surface area contributed by atoms with Crippen LogP contribution in [-0.4, -0.2) is 22.5 Å². The van der Waals surface area contributed by atoms with Gasteiger partial charge >= 0.3 is 0 Å². The molecule has 0 spiro atoms. The van der Waals surface area contributed by atoms with Crippen LogP contribution in [0.25, 0.3) is 0 Å². The van der Waals surface area contributed by atoms with Crippen molar-refractivity contribution in [3.8, 4) is 0 Å². The number of anilines is 2. The highest BCUT2D eigenvalue weighted by Gasteiger charge is 2.12. The number of halogens is 2. The van der Waals surface area contributed by atoms with E-state index in [9.17, 15) is 19.7 Å². The summed E-state index contributed by atoms with van der Waals surface area (Å²) in [4.78, 5) is 35.8. The van der Waals surface area contributed by atoms with Gasteiger partial charge in [0.1, 0.15) is 0 Å². The molecule has 0 saturated heterocycles. The largest absolute Gasteiger partial charge is 0.325 e. The van der Waals surface area contributed by atoms with E-state index in [1.54, 1.807) is 43.3 Å². The quantitative estimate of drug-likeness (QED) is 0.234. The van der Waals surface area contributed by atoms with Gasteiger partial charge in [-0.05, 0) is 61.0 Å². The van der Waals surface area contributed by atoms with E-state index in [-0.39, 0.29) is 28.3 Å². The number of benzene rings is 3. The van der Waals surface area contributed by atoms with E-state index >= 15 is 0 Å². The Morgan fingerprint density at radius 3 is 2.34 bits per heavy atom. The van der Waals surface area contributed by atoms with E-state index in [2.05, 4.69) is 10.6 Å². The number of hydrogen-bond acceptors (Lipinski definition) is 5. The van der Waals surface area contributed by atoms with Gasteiger partial charge in [0.25, 0.3) is 11.6 Å². The maximum absolute atomic E-state index is 12.4. The Morgan fingerprint density at radius 1 is 1.00 bits per heavy atom. The summed E-state index contributed by atoms with van der Waals surface area (Å²) in [5.74, 6) is -0.436. The predicted octanol–water partition coefficient (Wildman–Crippen LogP) is 6.19. The molecular weight excluding hydrogens is 473 g/mol. The zero-order chi connectivity index (χ0) is 23.3. The lowest BCUT2D eigenvalue weighted by molar-refractivity contribution is -0.384. The van der Waals surface area contributed by atoms with Crippen LogP contribution in [0.1, 0.15) is 15.9 Å². The highest BCUT2D eigenvalue weighted by atomic mass is 35.5. The van der Waals surface area contributed by atoms with Crippen LogP contribution in [0, 0.1) is 17.0 Å². The number of nitrogens with zero attached hydrogens (tertiary/aromatic N) is 1. The molecule has 164 valence electrons. The molecule has 3 aromatic carbocycles. The third-order valence-electron chi connectivity index (χ3n) is 4.35. The van der Waals surface area contributed by atoms with Gasteiger partial charge in [-0.3, -0.25) is 19.7 Å². The van der Waals surface area contributed by atoms with Crippen molar-refractivity contribution in [2.24, 2.45) is 0 Å². The van der Waals surface area contributed by atoms with Crippen molar-refractivity contribution < 1.29 is 14.5 Å². The lowest BCUT2D eigenvalue weighted by Crippen LogP contribution is -2.15. The fourth-order valence-electron chi connectivity index (χ4n) is 2.74. The summed E-state index contributed by atoms with van der Waals surface area (Å²) in [5.41, 5.74) is 2.00. The molecule has 0 aromatic heterocycles. The molecule has 0 saturated carbocycles. The molecule has 0 atom stereocenters. The van der Waals surface area contributed by atoms with Gasteiger partial charge < -0.3 is 10.6 Å². The van der Waals surface area contributed by atoms with Crippen molar-refractivity contribution in [3.05, 3.63) is 92.0 Å². The molecule has 2 N–H and O–H groups in total. The van der Waals surface area contributed by atoms with Crippen molar-refractivity contribution in [3.63, 3.8) is 0 Å². The lowest BCUT2D eigenvalue weighted by Gasteiger charge is -2.09. The summed E-state index contributed by atoms with van der Waals surface area (Å²) < 4.78 is 0. The molecule has 32 heavy (non-hydrogen) atoms. The summed E-state index contributed by atoms with van der Waals surface area (Å²) in [6, 6.07) is 15.9. The molecule has 0 bridgehead atoms. The Labute approximate surface area is 198 Å². The molecule has 0 aliphatic carbocycles. The van der Waals surface area contributed by atoms with Gasteiger partial charge in [-0.15, -0.1) is 11.8 Å². The van der Waals surface area contributed by atoms with Crippen molar-refractivity contribution in [1.82, 2.24) is 0 Å². The average Bonchev–Trinajstić information content (AvgIpc) is 2.74. The van der Waals surface area contributed by atoms with Crippen molar-refractivity contribution >= 4 is 63.8 Å². The Kier molecular flexibility index (Phi) is 7.74. The molecule has 0 aliphatic rings. The smallest absolute Gasteiger partial charge is 0.269 e. The number of carbonyl (C=O) groups is 2. The molecule has 0 aliphatic heterocycles. The van der Waals surface area contributed by atoms with E-state index in [1.807, 2.05) is 0 Å². The maximum Gasteiger partial charge on any atom is 0.269 e. The van der Waals surface area contributed by atoms with Crippen LogP contribution in [0.5, 0.6) is 0 Å². The first-order valence-corrected chi connectivity index (χ1v) is 11.0. The third kappa shape index (κ3) is 6.23. The van der Waals surface area contributed by atoms with Crippen molar-refractivity contribution in [1.29, 1.82) is 0 Å². The van der Waals surface area contributed by atoms with E-state index < -0.39 is 4.92 Å². The Hall–Kier alpha value is -3.07. The average molecular weight is 490 g/mol. The first-order valence-electron chi connectivity index (χ1n) is 9.27. The van der Waals surface area contributed by atoms with E-state index in [1.165, 1.54) is 36.0 Å². The number of amides is 2. The fourth-order valence-corrected chi connectivity index (χ4v) is 3.94. The molecule has 0 heterocycles. The van der Waals surface area contributed by atoms with Crippen LogP contribution in [0.4, 0.5) is 17.1 Å². The Morgan fingerprint density at radius 2 is 1.72 bits per heavy atom. The molecule has 7 nitrogen and oxygen atoms in total. The molecule has 0 fully saturated rings. The highest BCUT2D eigenvalue weighted by Crippen LogP contribution is 2.25. The minimum absolute atomic E-state index is 0.0274. The second-order valence-electron chi connectivity index (χ2n) is 6.70. The van der Waals surface area contributed by atoms with E-state index in [0.717, 1.165) is 4.90 Å². The second-order valence-corrected chi connectivity index (χ2v) is 8.59. The number of thioether (sulfide) groups is 1.